The molecular weight excluding hydrogens is 275 g/mol. The number of hydrogen-bond acceptors (Lipinski definition) is 3. The SMILES string of the molecule is CC.O=[N+]([O-])c1ccc(N(CCCl)CCCl)cc1. The van der Waals surface area contributed by atoms with Crippen LogP contribution < -0.4 is 4.90 Å². The summed E-state index contributed by atoms with van der Waals surface area (Å²) < 4.78 is 0. The maximum absolute atomic E-state index is 10.5. The zero-order chi connectivity index (χ0) is 14.0. The number of nitro groups is 1. The van der Waals surface area contributed by atoms with Crippen molar-refractivity contribution >= 4 is 34.6 Å². The topological polar surface area (TPSA) is 46.4 Å². The number of benzene rings is 1. The Balaban J connectivity index is 0.00000137. The van der Waals surface area contributed by atoms with Gasteiger partial charge in [0.2, 0.25) is 0 Å². The summed E-state index contributed by atoms with van der Waals surface area (Å²) >= 11 is 11.3. The highest BCUT2D eigenvalue weighted by Gasteiger charge is 2.08. The van der Waals surface area contributed by atoms with E-state index in [1.54, 1.807) is 12.1 Å². The summed E-state index contributed by atoms with van der Waals surface area (Å²) in [5, 5.41) is 10.5. The van der Waals surface area contributed by atoms with Crippen molar-refractivity contribution in [2.45, 2.75) is 13.8 Å². The number of alkyl halides is 2. The van der Waals surface area contributed by atoms with Crippen LogP contribution in [0.25, 0.3) is 0 Å². The zero-order valence-electron chi connectivity index (χ0n) is 10.6. The van der Waals surface area contributed by atoms with Gasteiger partial charge in [-0.1, -0.05) is 13.8 Å². The molecule has 0 amide bonds. The van der Waals surface area contributed by atoms with E-state index in [0.717, 1.165) is 5.69 Å². The predicted molar refractivity (Wildman–Crippen MR) is 78.1 cm³/mol. The minimum Gasteiger partial charge on any atom is -0.369 e. The van der Waals surface area contributed by atoms with E-state index in [-0.39, 0.29) is 5.69 Å². The van der Waals surface area contributed by atoms with E-state index < -0.39 is 4.92 Å². The highest BCUT2D eigenvalue weighted by atomic mass is 35.5. The first kappa shape index (κ1) is 17.0. The second-order valence-electron chi connectivity index (χ2n) is 3.14. The minimum absolute atomic E-state index is 0.0837. The van der Waals surface area contributed by atoms with Crippen molar-refractivity contribution in [3.63, 3.8) is 0 Å². The summed E-state index contributed by atoms with van der Waals surface area (Å²) in [5.74, 6) is 0.988. The Labute approximate surface area is 118 Å². The van der Waals surface area contributed by atoms with Crippen molar-refractivity contribution in [1.82, 2.24) is 0 Å². The van der Waals surface area contributed by atoms with E-state index in [1.165, 1.54) is 12.1 Å². The number of anilines is 1. The van der Waals surface area contributed by atoms with E-state index >= 15 is 0 Å². The fourth-order valence-electron chi connectivity index (χ4n) is 1.36. The number of non-ortho nitro benzene ring substituents is 1. The Morgan fingerprint density at radius 1 is 1.11 bits per heavy atom. The van der Waals surface area contributed by atoms with Gasteiger partial charge in [-0.25, -0.2) is 0 Å². The Kier molecular flexibility index (Phi) is 9.42. The van der Waals surface area contributed by atoms with Gasteiger partial charge in [0.1, 0.15) is 0 Å². The number of rotatable bonds is 6. The molecule has 1 aromatic carbocycles. The highest BCUT2D eigenvalue weighted by Crippen LogP contribution is 2.19. The lowest BCUT2D eigenvalue weighted by molar-refractivity contribution is -0.384. The van der Waals surface area contributed by atoms with Crippen LogP contribution in [0.4, 0.5) is 11.4 Å². The van der Waals surface area contributed by atoms with Crippen LogP contribution in [0.15, 0.2) is 24.3 Å². The second kappa shape index (κ2) is 9.97. The van der Waals surface area contributed by atoms with Crippen LogP contribution in [-0.4, -0.2) is 29.8 Å². The third kappa shape index (κ3) is 5.56. The lowest BCUT2D eigenvalue weighted by atomic mass is 10.2. The lowest BCUT2D eigenvalue weighted by Crippen LogP contribution is -2.27. The third-order valence-electron chi connectivity index (χ3n) is 2.13. The average molecular weight is 293 g/mol. The normalized spacial score (nSPS) is 9.33. The smallest absolute Gasteiger partial charge is 0.269 e. The largest absolute Gasteiger partial charge is 0.369 e. The molecule has 0 fully saturated rings. The van der Waals surface area contributed by atoms with E-state index in [2.05, 4.69) is 0 Å². The van der Waals surface area contributed by atoms with Crippen LogP contribution in [0.1, 0.15) is 13.8 Å². The van der Waals surface area contributed by atoms with Crippen LogP contribution >= 0.6 is 23.2 Å². The van der Waals surface area contributed by atoms with E-state index in [0.29, 0.717) is 24.8 Å². The van der Waals surface area contributed by atoms with Crippen molar-refractivity contribution in [3.05, 3.63) is 34.4 Å². The van der Waals surface area contributed by atoms with Gasteiger partial charge in [0.05, 0.1) is 4.92 Å². The third-order valence-corrected chi connectivity index (χ3v) is 2.47. The molecule has 18 heavy (non-hydrogen) atoms. The van der Waals surface area contributed by atoms with Crippen molar-refractivity contribution in [3.8, 4) is 0 Å². The fraction of sp³-hybridized carbons (Fsp3) is 0.500. The first-order valence-corrected chi connectivity index (χ1v) is 6.87. The molecule has 0 spiro atoms. The molecule has 0 unspecified atom stereocenters. The summed E-state index contributed by atoms with van der Waals surface area (Å²) in [7, 11) is 0. The average Bonchev–Trinajstić information content (AvgIpc) is 2.41. The molecule has 0 radical (unpaired) electrons. The second-order valence-corrected chi connectivity index (χ2v) is 3.89. The van der Waals surface area contributed by atoms with E-state index in [1.807, 2.05) is 18.7 Å². The van der Waals surface area contributed by atoms with Crippen molar-refractivity contribution in [2.24, 2.45) is 0 Å². The molecule has 0 aliphatic heterocycles. The van der Waals surface area contributed by atoms with Crippen LogP contribution in [0.3, 0.4) is 0 Å². The van der Waals surface area contributed by atoms with E-state index in [9.17, 15) is 10.1 Å². The van der Waals surface area contributed by atoms with Gasteiger partial charge in [0, 0.05) is 42.7 Å². The molecule has 4 nitrogen and oxygen atoms in total. The molecule has 0 atom stereocenters. The molecular formula is C12H18Cl2N2O2. The molecule has 0 saturated carbocycles. The maximum atomic E-state index is 10.5. The number of nitro benzene ring substituents is 1. The Hall–Kier alpha value is -1.00. The molecule has 0 aliphatic carbocycles. The van der Waals surface area contributed by atoms with Gasteiger partial charge in [-0.2, -0.15) is 0 Å². The van der Waals surface area contributed by atoms with Gasteiger partial charge in [0.25, 0.3) is 5.69 Å². The van der Waals surface area contributed by atoms with Gasteiger partial charge in [-0.3, -0.25) is 10.1 Å². The van der Waals surface area contributed by atoms with Crippen molar-refractivity contribution in [2.75, 3.05) is 29.7 Å². The Morgan fingerprint density at radius 3 is 1.89 bits per heavy atom. The maximum Gasteiger partial charge on any atom is 0.269 e. The van der Waals surface area contributed by atoms with Gasteiger partial charge in [0.15, 0.2) is 0 Å². The highest BCUT2D eigenvalue weighted by molar-refractivity contribution is 6.18. The molecule has 0 aliphatic rings. The summed E-state index contributed by atoms with van der Waals surface area (Å²) in [6.45, 7) is 5.35. The molecule has 6 heteroatoms. The first-order valence-electron chi connectivity index (χ1n) is 5.80. The van der Waals surface area contributed by atoms with E-state index in [4.69, 9.17) is 23.2 Å². The standard InChI is InChI=1S/C10H12Cl2N2O2.C2H6/c11-5-7-13(8-6-12)9-1-3-10(4-2-9)14(15)16;1-2/h1-4H,5-8H2;1-2H3. The molecule has 0 N–H and O–H groups in total. The molecule has 102 valence electrons. The monoisotopic (exact) mass is 292 g/mol. The van der Waals surface area contributed by atoms with Crippen molar-refractivity contribution in [1.29, 1.82) is 0 Å². The predicted octanol–water partition coefficient (Wildman–Crippen LogP) is 3.91. The molecule has 0 heterocycles. The van der Waals surface area contributed by atoms with Gasteiger partial charge in [-0.05, 0) is 12.1 Å². The minimum atomic E-state index is -0.419. The fourth-order valence-corrected chi connectivity index (χ4v) is 1.77. The molecule has 1 aromatic rings. The first-order chi connectivity index (χ1) is 8.69. The summed E-state index contributed by atoms with van der Waals surface area (Å²) in [6.07, 6.45) is 0. The number of nitrogens with zero attached hydrogens (tertiary/aromatic N) is 2. The van der Waals surface area contributed by atoms with Crippen LogP contribution in [0.5, 0.6) is 0 Å². The Morgan fingerprint density at radius 2 is 1.56 bits per heavy atom. The van der Waals surface area contributed by atoms with Gasteiger partial charge in [-0.15, -0.1) is 23.2 Å². The zero-order valence-corrected chi connectivity index (χ0v) is 12.1. The number of halogens is 2. The molecule has 0 bridgehead atoms. The summed E-state index contributed by atoms with van der Waals surface area (Å²) in [5.41, 5.74) is 0.979. The van der Waals surface area contributed by atoms with Gasteiger partial charge >= 0.3 is 0 Å². The summed E-state index contributed by atoms with van der Waals surface area (Å²) in [6, 6.07) is 6.37. The number of hydrogen-bond donors (Lipinski definition) is 0. The van der Waals surface area contributed by atoms with Gasteiger partial charge < -0.3 is 4.90 Å². The van der Waals surface area contributed by atoms with Crippen LogP contribution in [0, 0.1) is 10.1 Å². The molecule has 0 aromatic heterocycles. The van der Waals surface area contributed by atoms with Crippen LogP contribution in [-0.2, 0) is 0 Å². The van der Waals surface area contributed by atoms with Crippen molar-refractivity contribution < 1.29 is 4.92 Å². The lowest BCUT2D eigenvalue weighted by Gasteiger charge is -2.22. The quantitative estimate of drug-likeness (QED) is 0.454. The molecule has 1 rings (SSSR count). The van der Waals surface area contributed by atoms with Crippen LogP contribution in [0.2, 0.25) is 0 Å². The molecule has 0 saturated heterocycles. The summed E-state index contributed by atoms with van der Waals surface area (Å²) in [4.78, 5) is 12.1. The Bertz CT molecular complexity index is 338.